The third-order valence-corrected chi connectivity index (χ3v) is 4.50. The topological polar surface area (TPSA) is 58.5 Å². The van der Waals surface area contributed by atoms with Gasteiger partial charge < -0.3 is 15.4 Å². The van der Waals surface area contributed by atoms with Gasteiger partial charge >= 0.3 is 0 Å². The molecule has 1 aromatic carbocycles. The number of thiazole rings is 1. The fraction of sp³-hybridized carbons (Fsp3) is 0.444. The highest BCUT2D eigenvalue weighted by Gasteiger charge is 2.04. The van der Waals surface area contributed by atoms with Crippen LogP contribution in [0, 0.1) is 6.92 Å². The van der Waals surface area contributed by atoms with Crippen LogP contribution in [0.1, 0.15) is 29.6 Å². The number of ether oxygens (including phenoxy) is 1. The van der Waals surface area contributed by atoms with Gasteiger partial charge in [-0.05, 0) is 26.3 Å². The average Bonchev–Trinajstić information content (AvgIpc) is 3.01. The molecule has 1 heterocycles. The molecular formula is C18H27IN4OS. The summed E-state index contributed by atoms with van der Waals surface area (Å²) in [5.74, 6) is 1.72. The second-order valence-corrected chi connectivity index (χ2v) is 6.32. The van der Waals surface area contributed by atoms with Crippen LogP contribution < -0.4 is 15.4 Å². The molecule has 0 aliphatic carbocycles. The zero-order chi connectivity index (χ0) is 17.2. The van der Waals surface area contributed by atoms with Crippen LogP contribution in [0.4, 0.5) is 0 Å². The Hall–Kier alpha value is -1.35. The van der Waals surface area contributed by atoms with Gasteiger partial charge in [-0.2, -0.15) is 0 Å². The first-order valence-electron chi connectivity index (χ1n) is 8.29. The molecule has 0 aliphatic heterocycles. The van der Waals surface area contributed by atoms with Gasteiger partial charge in [0.1, 0.15) is 5.75 Å². The largest absolute Gasteiger partial charge is 0.494 e. The molecule has 0 saturated carbocycles. The van der Waals surface area contributed by atoms with Crippen LogP contribution in [-0.2, 0) is 13.0 Å². The van der Waals surface area contributed by atoms with Crippen LogP contribution in [0.25, 0.3) is 0 Å². The Kier molecular flexibility index (Phi) is 10.5. The van der Waals surface area contributed by atoms with E-state index in [2.05, 4.69) is 32.1 Å². The van der Waals surface area contributed by atoms with Crippen molar-refractivity contribution in [2.24, 2.45) is 4.99 Å². The van der Waals surface area contributed by atoms with E-state index in [-0.39, 0.29) is 24.0 Å². The number of para-hydroxylation sites is 1. The summed E-state index contributed by atoms with van der Waals surface area (Å²) in [6, 6.07) is 8.07. The summed E-state index contributed by atoms with van der Waals surface area (Å²) in [4.78, 5) is 8.75. The lowest BCUT2D eigenvalue weighted by Crippen LogP contribution is -2.37. The van der Waals surface area contributed by atoms with Crippen molar-refractivity contribution in [3.8, 4) is 5.75 Å². The number of aliphatic imine (C=N–C) groups is 1. The predicted molar refractivity (Wildman–Crippen MR) is 116 cm³/mol. The summed E-state index contributed by atoms with van der Waals surface area (Å²) in [6.07, 6.45) is 2.03. The number of benzene rings is 1. The molecule has 138 valence electrons. The maximum atomic E-state index is 5.65. The van der Waals surface area contributed by atoms with Crippen LogP contribution in [0.15, 0.2) is 34.6 Å². The van der Waals surface area contributed by atoms with Gasteiger partial charge in [-0.3, -0.25) is 4.99 Å². The predicted octanol–water partition coefficient (Wildman–Crippen LogP) is 3.77. The number of halogens is 1. The Labute approximate surface area is 171 Å². The molecule has 1 aromatic heterocycles. The Balaban J connectivity index is 0.00000312. The smallest absolute Gasteiger partial charge is 0.191 e. The van der Waals surface area contributed by atoms with E-state index in [1.54, 1.807) is 18.4 Å². The number of rotatable bonds is 8. The monoisotopic (exact) mass is 474 g/mol. The van der Waals surface area contributed by atoms with Crippen molar-refractivity contribution < 1.29 is 4.74 Å². The molecular weight excluding hydrogens is 447 g/mol. The number of hydrogen-bond acceptors (Lipinski definition) is 4. The lowest BCUT2D eigenvalue weighted by molar-refractivity contribution is 0.336. The van der Waals surface area contributed by atoms with Crippen LogP contribution in [-0.4, -0.2) is 31.1 Å². The van der Waals surface area contributed by atoms with Crippen LogP contribution in [0.5, 0.6) is 5.75 Å². The highest BCUT2D eigenvalue weighted by molar-refractivity contribution is 14.0. The van der Waals surface area contributed by atoms with Crippen LogP contribution >= 0.6 is 35.3 Å². The van der Waals surface area contributed by atoms with Gasteiger partial charge in [0.15, 0.2) is 5.96 Å². The Bertz CT molecular complexity index is 660. The fourth-order valence-corrected chi connectivity index (χ4v) is 3.13. The van der Waals surface area contributed by atoms with Gasteiger partial charge in [-0.1, -0.05) is 18.2 Å². The molecule has 0 atom stereocenters. The molecule has 2 N–H and O–H groups in total. The molecule has 0 fully saturated rings. The molecule has 0 saturated heterocycles. The SMILES string of the molecule is CCOc1ccccc1CNC(=NC)NCCCc1nc(C)cs1.I. The van der Waals surface area contributed by atoms with E-state index in [4.69, 9.17) is 4.74 Å². The van der Waals surface area contributed by atoms with E-state index in [1.807, 2.05) is 32.0 Å². The molecule has 0 aliphatic rings. The molecule has 0 spiro atoms. The quantitative estimate of drug-likeness (QED) is 0.265. The zero-order valence-corrected chi connectivity index (χ0v) is 18.2. The van der Waals surface area contributed by atoms with Crippen molar-refractivity contribution in [1.82, 2.24) is 15.6 Å². The van der Waals surface area contributed by atoms with Gasteiger partial charge in [0.2, 0.25) is 0 Å². The van der Waals surface area contributed by atoms with Crippen molar-refractivity contribution in [1.29, 1.82) is 0 Å². The summed E-state index contributed by atoms with van der Waals surface area (Å²) in [5.41, 5.74) is 2.23. The first-order valence-corrected chi connectivity index (χ1v) is 9.17. The number of hydrogen-bond donors (Lipinski definition) is 2. The molecule has 2 rings (SSSR count). The minimum Gasteiger partial charge on any atom is -0.494 e. The van der Waals surface area contributed by atoms with E-state index < -0.39 is 0 Å². The van der Waals surface area contributed by atoms with E-state index >= 15 is 0 Å². The normalized spacial score (nSPS) is 10.9. The summed E-state index contributed by atoms with van der Waals surface area (Å²) in [5, 5.41) is 9.97. The van der Waals surface area contributed by atoms with Gasteiger partial charge in [-0.25, -0.2) is 4.98 Å². The maximum absolute atomic E-state index is 5.65. The number of aryl methyl sites for hydroxylation is 2. The highest BCUT2D eigenvalue weighted by Crippen LogP contribution is 2.17. The molecule has 0 bridgehead atoms. The minimum atomic E-state index is 0. The molecule has 7 heteroatoms. The van der Waals surface area contributed by atoms with Crippen LogP contribution in [0.3, 0.4) is 0 Å². The van der Waals surface area contributed by atoms with E-state index in [0.717, 1.165) is 42.4 Å². The summed E-state index contributed by atoms with van der Waals surface area (Å²) in [6.45, 7) is 6.24. The minimum absolute atomic E-state index is 0. The average molecular weight is 474 g/mol. The Morgan fingerprint density at radius 2 is 2.08 bits per heavy atom. The first kappa shape index (κ1) is 21.7. The maximum Gasteiger partial charge on any atom is 0.191 e. The van der Waals surface area contributed by atoms with E-state index in [1.165, 1.54) is 5.01 Å². The van der Waals surface area contributed by atoms with Gasteiger partial charge in [0, 0.05) is 43.2 Å². The van der Waals surface area contributed by atoms with Gasteiger partial charge in [-0.15, -0.1) is 35.3 Å². The Morgan fingerprint density at radius 1 is 1.28 bits per heavy atom. The van der Waals surface area contributed by atoms with E-state index in [0.29, 0.717) is 13.2 Å². The zero-order valence-electron chi connectivity index (χ0n) is 15.0. The number of aromatic nitrogens is 1. The van der Waals surface area contributed by atoms with E-state index in [9.17, 15) is 0 Å². The van der Waals surface area contributed by atoms with Crippen LogP contribution in [0.2, 0.25) is 0 Å². The molecule has 25 heavy (non-hydrogen) atoms. The fourth-order valence-electron chi connectivity index (χ4n) is 2.31. The molecule has 5 nitrogen and oxygen atoms in total. The summed E-state index contributed by atoms with van der Waals surface area (Å²) >= 11 is 1.73. The number of nitrogens with zero attached hydrogens (tertiary/aromatic N) is 2. The lowest BCUT2D eigenvalue weighted by atomic mass is 10.2. The lowest BCUT2D eigenvalue weighted by Gasteiger charge is -2.14. The number of guanidine groups is 1. The third kappa shape index (κ3) is 7.60. The van der Waals surface area contributed by atoms with Crippen molar-refractivity contribution >= 4 is 41.3 Å². The summed E-state index contributed by atoms with van der Waals surface area (Å²) in [7, 11) is 1.79. The molecule has 0 unspecified atom stereocenters. The standard InChI is InChI=1S/C18H26N4OS.HI/c1-4-23-16-9-6-5-8-15(16)12-21-18(19-3)20-11-7-10-17-22-14(2)13-24-17;/h5-6,8-9,13H,4,7,10-12H2,1-3H3,(H2,19,20,21);1H. The summed E-state index contributed by atoms with van der Waals surface area (Å²) < 4.78 is 5.65. The second-order valence-electron chi connectivity index (χ2n) is 5.38. The Morgan fingerprint density at radius 3 is 2.76 bits per heavy atom. The van der Waals surface area contributed by atoms with Crippen molar-refractivity contribution in [2.75, 3.05) is 20.2 Å². The first-order chi connectivity index (χ1) is 11.7. The molecule has 0 amide bonds. The van der Waals surface area contributed by atoms with Gasteiger partial charge in [0.25, 0.3) is 0 Å². The molecule has 2 aromatic rings. The van der Waals surface area contributed by atoms with Crippen molar-refractivity contribution in [3.05, 3.63) is 45.9 Å². The van der Waals surface area contributed by atoms with Crippen molar-refractivity contribution in [3.63, 3.8) is 0 Å². The third-order valence-electron chi connectivity index (χ3n) is 3.47. The highest BCUT2D eigenvalue weighted by atomic mass is 127. The van der Waals surface area contributed by atoms with Gasteiger partial charge in [0.05, 0.1) is 11.6 Å². The number of nitrogens with one attached hydrogen (secondary N) is 2. The van der Waals surface area contributed by atoms with Crippen molar-refractivity contribution in [2.45, 2.75) is 33.2 Å². The molecule has 0 radical (unpaired) electrons. The second kappa shape index (κ2) is 12.1.